The second-order valence-electron chi connectivity index (χ2n) is 5.07. The number of carbonyl (C=O) groups excluding carboxylic acids is 1. The van der Waals surface area contributed by atoms with E-state index in [1.807, 2.05) is 25.1 Å². The van der Waals surface area contributed by atoms with Crippen LogP contribution in [-0.2, 0) is 0 Å². The number of rotatable bonds is 4. The molecule has 0 bridgehead atoms. The minimum absolute atomic E-state index is 0. The van der Waals surface area contributed by atoms with Crippen LogP contribution in [0.5, 0.6) is 0 Å². The van der Waals surface area contributed by atoms with E-state index in [0.29, 0.717) is 11.5 Å². The fraction of sp³-hybridized carbons (Fsp3) is 0.357. The normalized spacial score (nSPS) is 14.1. The Morgan fingerprint density at radius 3 is 2.86 bits per heavy atom. The Bertz CT molecular complexity index is 610. The summed E-state index contributed by atoms with van der Waals surface area (Å²) in [5.74, 6) is 0.549. The summed E-state index contributed by atoms with van der Waals surface area (Å²) in [6.45, 7) is 4.64. The number of nitrogens with zero attached hydrogens (tertiary/aromatic N) is 3. The predicted octanol–water partition coefficient (Wildman–Crippen LogP) is 0.947. The van der Waals surface area contributed by atoms with Gasteiger partial charge in [-0.05, 0) is 30.7 Å². The molecule has 1 aromatic carbocycles. The van der Waals surface area contributed by atoms with E-state index in [1.54, 1.807) is 11.0 Å². The van der Waals surface area contributed by atoms with Crippen LogP contribution in [-0.4, -0.2) is 40.3 Å². The number of nitrogens with one attached hydrogen (secondary N) is 2. The van der Waals surface area contributed by atoms with Crippen molar-refractivity contribution in [1.82, 2.24) is 25.4 Å². The highest BCUT2D eigenvalue weighted by atomic mass is 35.5. The van der Waals surface area contributed by atoms with E-state index in [1.165, 1.54) is 6.33 Å². The van der Waals surface area contributed by atoms with Gasteiger partial charge in [0.25, 0.3) is 5.91 Å². The van der Waals surface area contributed by atoms with Crippen LogP contribution in [0.4, 0.5) is 0 Å². The maximum absolute atomic E-state index is 12.1. The predicted molar refractivity (Wildman–Crippen MR) is 82.0 cm³/mol. The molecule has 7 heteroatoms. The van der Waals surface area contributed by atoms with E-state index in [4.69, 9.17) is 0 Å². The molecule has 1 aromatic heterocycles. The van der Waals surface area contributed by atoms with Crippen molar-refractivity contribution < 1.29 is 4.79 Å². The number of benzene rings is 1. The van der Waals surface area contributed by atoms with Crippen molar-refractivity contribution in [2.45, 2.75) is 6.92 Å². The van der Waals surface area contributed by atoms with E-state index < -0.39 is 0 Å². The lowest BCUT2D eigenvalue weighted by atomic mass is 10.0. The minimum atomic E-state index is -0.0143. The molecule has 3 rings (SSSR count). The molecule has 2 heterocycles. The van der Waals surface area contributed by atoms with Crippen molar-refractivity contribution in [2.75, 3.05) is 19.6 Å². The summed E-state index contributed by atoms with van der Waals surface area (Å²) in [6, 6.07) is 5.65. The minimum Gasteiger partial charge on any atom is -0.352 e. The van der Waals surface area contributed by atoms with Crippen LogP contribution in [0, 0.1) is 12.8 Å². The Labute approximate surface area is 129 Å². The molecule has 112 valence electrons. The van der Waals surface area contributed by atoms with Crippen LogP contribution in [0.15, 0.2) is 30.9 Å². The number of carbonyl (C=O) groups is 1. The van der Waals surface area contributed by atoms with Crippen LogP contribution in [0.2, 0.25) is 0 Å². The van der Waals surface area contributed by atoms with Crippen molar-refractivity contribution in [3.05, 3.63) is 42.0 Å². The molecule has 1 aliphatic heterocycles. The van der Waals surface area contributed by atoms with Crippen LogP contribution < -0.4 is 10.6 Å². The smallest absolute Gasteiger partial charge is 0.251 e. The molecule has 0 radical (unpaired) electrons. The third kappa shape index (κ3) is 3.40. The Kier molecular flexibility index (Phi) is 4.93. The lowest BCUT2D eigenvalue weighted by Gasteiger charge is -2.27. The summed E-state index contributed by atoms with van der Waals surface area (Å²) in [5, 5.41) is 10.3. The largest absolute Gasteiger partial charge is 0.352 e. The Hall–Kier alpha value is -1.92. The van der Waals surface area contributed by atoms with Crippen molar-refractivity contribution in [2.24, 2.45) is 5.92 Å². The molecule has 2 N–H and O–H groups in total. The molecule has 0 aliphatic carbocycles. The molecule has 0 unspecified atom stereocenters. The molecule has 21 heavy (non-hydrogen) atoms. The van der Waals surface area contributed by atoms with E-state index in [-0.39, 0.29) is 18.3 Å². The highest BCUT2D eigenvalue weighted by Crippen LogP contribution is 2.14. The number of aromatic nitrogens is 3. The van der Waals surface area contributed by atoms with Crippen LogP contribution >= 0.6 is 12.4 Å². The molecule has 1 fully saturated rings. The summed E-state index contributed by atoms with van der Waals surface area (Å²) in [5.41, 5.74) is 2.54. The van der Waals surface area contributed by atoms with Crippen molar-refractivity contribution >= 4 is 18.3 Å². The third-order valence-electron chi connectivity index (χ3n) is 3.56. The highest BCUT2D eigenvalue weighted by molar-refractivity contribution is 5.95. The number of halogens is 1. The maximum atomic E-state index is 12.1. The first-order valence-electron chi connectivity index (χ1n) is 6.68. The van der Waals surface area contributed by atoms with Gasteiger partial charge >= 0.3 is 0 Å². The zero-order chi connectivity index (χ0) is 13.9. The van der Waals surface area contributed by atoms with Gasteiger partial charge in [-0.3, -0.25) is 4.79 Å². The zero-order valence-electron chi connectivity index (χ0n) is 11.7. The standard InChI is InChI=1S/C14H17N5O.ClH/c1-10-4-12(19-9-16-8-18-19)2-3-13(10)14(20)17-7-11-5-15-6-11;/h2-4,8-9,11,15H,5-7H2,1H3,(H,17,20);1H. The first kappa shape index (κ1) is 15.5. The van der Waals surface area contributed by atoms with E-state index in [2.05, 4.69) is 20.7 Å². The molecule has 6 nitrogen and oxygen atoms in total. The number of amides is 1. The summed E-state index contributed by atoms with van der Waals surface area (Å²) >= 11 is 0. The van der Waals surface area contributed by atoms with Gasteiger partial charge in [-0.1, -0.05) is 0 Å². The molecule has 1 amide bonds. The van der Waals surface area contributed by atoms with Gasteiger partial charge in [0.2, 0.25) is 0 Å². The average Bonchev–Trinajstić information content (AvgIpc) is 2.90. The van der Waals surface area contributed by atoms with Crippen LogP contribution in [0.3, 0.4) is 0 Å². The zero-order valence-corrected chi connectivity index (χ0v) is 12.6. The second kappa shape index (κ2) is 6.69. The lowest BCUT2D eigenvalue weighted by molar-refractivity contribution is 0.0941. The number of hydrogen-bond acceptors (Lipinski definition) is 4. The monoisotopic (exact) mass is 307 g/mol. The van der Waals surface area contributed by atoms with Gasteiger partial charge < -0.3 is 10.6 Å². The van der Waals surface area contributed by atoms with Gasteiger partial charge in [0, 0.05) is 31.1 Å². The molecule has 1 saturated heterocycles. The Balaban J connectivity index is 0.00000161. The van der Waals surface area contributed by atoms with Gasteiger partial charge in [0.05, 0.1) is 5.69 Å². The Morgan fingerprint density at radius 2 is 2.29 bits per heavy atom. The Morgan fingerprint density at radius 1 is 1.48 bits per heavy atom. The van der Waals surface area contributed by atoms with E-state index >= 15 is 0 Å². The van der Waals surface area contributed by atoms with Crippen molar-refractivity contribution in [3.63, 3.8) is 0 Å². The van der Waals surface area contributed by atoms with Gasteiger partial charge in [0.15, 0.2) is 0 Å². The van der Waals surface area contributed by atoms with Gasteiger partial charge in [-0.2, -0.15) is 5.10 Å². The first-order valence-corrected chi connectivity index (χ1v) is 6.68. The molecular formula is C14H18ClN5O. The van der Waals surface area contributed by atoms with Crippen molar-refractivity contribution in [1.29, 1.82) is 0 Å². The molecule has 0 atom stereocenters. The third-order valence-corrected chi connectivity index (χ3v) is 3.56. The first-order chi connectivity index (χ1) is 9.74. The summed E-state index contributed by atoms with van der Waals surface area (Å²) < 4.78 is 1.68. The quantitative estimate of drug-likeness (QED) is 0.882. The summed E-state index contributed by atoms with van der Waals surface area (Å²) in [4.78, 5) is 16.1. The molecule has 1 aliphatic rings. The van der Waals surface area contributed by atoms with Crippen LogP contribution in [0.25, 0.3) is 5.69 Å². The maximum Gasteiger partial charge on any atom is 0.251 e. The lowest BCUT2D eigenvalue weighted by Crippen LogP contribution is -2.48. The second-order valence-corrected chi connectivity index (χ2v) is 5.07. The fourth-order valence-corrected chi connectivity index (χ4v) is 2.21. The van der Waals surface area contributed by atoms with Gasteiger partial charge in [-0.25, -0.2) is 9.67 Å². The SMILES string of the molecule is Cc1cc(-n2cncn2)ccc1C(=O)NCC1CNC1.Cl. The molecule has 2 aromatic rings. The molecule has 0 spiro atoms. The van der Waals surface area contributed by atoms with Gasteiger partial charge in [0.1, 0.15) is 12.7 Å². The van der Waals surface area contributed by atoms with Gasteiger partial charge in [-0.15, -0.1) is 12.4 Å². The fourth-order valence-electron chi connectivity index (χ4n) is 2.21. The number of hydrogen-bond donors (Lipinski definition) is 2. The average molecular weight is 308 g/mol. The summed E-state index contributed by atoms with van der Waals surface area (Å²) in [6.07, 6.45) is 3.13. The van der Waals surface area contributed by atoms with Crippen LogP contribution in [0.1, 0.15) is 15.9 Å². The topological polar surface area (TPSA) is 71.8 Å². The highest BCUT2D eigenvalue weighted by Gasteiger charge is 2.18. The number of aryl methyl sites for hydroxylation is 1. The molecule has 0 saturated carbocycles. The van der Waals surface area contributed by atoms with E-state index in [0.717, 1.165) is 30.9 Å². The summed E-state index contributed by atoms with van der Waals surface area (Å²) in [7, 11) is 0. The molecular weight excluding hydrogens is 290 g/mol. The van der Waals surface area contributed by atoms with E-state index in [9.17, 15) is 4.79 Å². The van der Waals surface area contributed by atoms with Crippen molar-refractivity contribution in [3.8, 4) is 5.69 Å².